The van der Waals surface area contributed by atoms with Gasteiger partial charge in [0.2, 0.25) is 11.4 Å². The summed E-state index contributed by atoms with van der Waals surface area (Å²) >= 11 is 50.8. The van der Waals surface area contributed by atoms with E-state index < -0.39 is 61.6 Å². The molecular formula is C19H26Cl9N5O7. The molecule has 0 aromatic heterocycles. The molecule has 2 amide bonds. The van der Waals surface area contributed by atoms with Crippen LogP contribution in [-0.2, 0) is 18.9 Å². The molecule has 0 unspecified atom stereocenters. The van der Waals surface area contributed by atoms with Gasteiger partial charge in [-0.25, -0.2) is 14.4 Å². The molecule has 0 saturated carbocycles. The van der Waals surface area contributed by atoms with Crippen molar-refractivity contribution in [3.63, 3.8) is 0 Å². The minimum atomic E-state index is -1.92. The fourth-order valence-electron chi connectivity index (χ4n) is 2.87. The molecule has 0 radical (unpaired) electrons. The van der Waals surface area contributed by atoms with Gasteiger partial charge in [0, 0.05) is 30.6 Å². The van der Waals surface area contributed by atoms with Gasteiger partial charge < -0.3 is 28.7 Å². The summed E-state index contributed by atoms with van der Waals surface area (Å²) in [5.41, 5.74) is 8.74. The smallest absolute Gasteiger partial charge is 0.445 e. The predicted molar refractivity (Wildman–Crippen MR) is 156 cm³/mol. The Morgan fingerprint density at radius 2 is 1.12 bits per heavy atom. The first-order chi connectivity index (χ1) is 18.3. The number of azide groups is 1. The van der Waals surface area contributed by atoms with E-state index in [0.29, 0.717) is 6.42 Å². The van der Waals surface area contributed by atoms with E-state index in [1.54, 1.807) is 13.8 Å². The summed E-state index contributed by atoms with van der Waals surface area (Å²) < 4.78 is 14.3. The SMILES string of the molecule is CC[C@@H](CN=[N+]=[N-])N(CCN(C(=O)OCC(Cl)(Cl)Cl)[C@@H](CC)COC(=O)OCC(Cl)(Cl)Cl)C(=O)OCC(Cl)(Cl)Cl. The molecule has 232 valence electrons. The first kappa shape index (κ1) is 39.7. The van der Waals surface area contributed by atoms with Crippen LogP contribution in [-0.4, -0.2) is 97.7 Å². The second-order valence-corrected chi connectivity index (χ2v) is 15.3. The second-order valence-electron chi connectivity index (χ2n) is 7.73. The molecule has 0 N–H and O–H groups in total. The van der Waals surface area contributed by atoms with Crippen LogP contribution in [0.25, 0.3) is 10.4 Å². The largest absolute Gasteiger partial charge is 0.508 e. The van der Waals surface area contributed by atoms with Gasteiger partial charge in [0.05, 0.1) is 6.04 Å². The van der Waals surface area contributed by atoms with Crippen LogP contribution in [0.1, 0.15) is 26.7 Å². The van der Waals surface area contributed by atoms with E-state index in [4.69, 9.17) is 129 Å². The zero-order valence-corrected chi connectivity index (χ0v) is 27.8. The van der Waals surface area contributed by atoms with Crippen molar-refractivity contribution in [2.45, 2.75) is 50.2 Å². The summed E-state index contributed by atoms with van der Waals surface area (Å²) in [6, 6.07) is -1.48. The molecule has 0 spiro atoms. The monoisotopic (exact) mass is 751 g/mol. The maximum absolute atomic E-state index is 13.0. The van der Waals surface area contributed by atoms with Crippen LogP contribution in [0, 0.1) is 0 Å². The van der Waals surface area contributed by atoms with Gasteiger partial charge in [-0.05, 0) is 18.4 Å². The van der Waals surface area contributed by atoms with E-state index in [0.717, 1.165) is 4.90 Å². The highest BCUT2D eigenvalue weighted by Gasteiger charge is 2.33. The number of ether oxygens (including phenoxy) is 4. The minimum Gasteiger partial charge on any atom is -0.445 e. The van der Waals surface area contributed by atoms with Crippen LogP contribution < -0.4 is 0 Å². The van der Waals surface area contributed by atoms with Crippen LogP contribution in [0.4, 0.5) is 14.4 Å². The molecule has 21 heteroatoms. The van der Waals surface area contributed by atoms with Crippen molar-refractivity contribution in [3.05, 3.63) is 10.4 Å². The third-order valence-electron chi connectivity index (χ3n) is 4.70. The van der Waals surface area contributed by atoms with Crippen molar-refractivity contribution < 1.29 is 33.3 Å². The molecule has 40 heavy (non-hydrogen) atoms. The summed E-state index contributed by atoms with van der Waals surface area (Å²) in [5, 5.41) is 3.51. The Kier molecular flexibility index (Phi) is 19.0. The Morgan fingerprint density at radius 3 is 1.50 bits per heavy atom. The van der Waals surface area contributed by atoms with Crippen molar-refractivity contribution in [2.75, 3.05) is 46.1 Å². The van der Waals surface area contributed by atoms with E-state index in [1.165, 1.54) is 4.90 Å². The van der Waals surface area contributed by atoms with E-state index in [2.05, 4.69) is 10.0 Å². The van der Waals surface area contributed by atoms with Gasteiger partial charge >= 0.3 is 18.3 Å². The second kappa shape index (κ2) is 19.1. The Hall–Kier alpha value is -0.270. The first-order valence-electron chi connectivity index (χ1n) is 11.2. The molecule has 12 nitrogen and oxygen atoms in total. The predicted octanol–water partition coefficient (Wildman–Crippen LogP) is 7.99. The van der Waals surface area contributed by atoms with Crippen molar-refractivity contribution in [3.8, 4) is 0 Å². The average molecular weight is 756 g/mol. The number of hydrogen-bond donors (Lipinski definition) is 0. The van der Waals surface area contributed by atoms with Gasteiger partial charge in [0.15, 0.2) is 0 Å². The van der Waals surface area contributed by atoms with Gasteiger partial charge in [-0.1, -0.05) is 123 Å². The maximum atomic E-state index is 13.0. The topological polar surface area (TPSA) is 143 Å². The fraction of sp³-hybridized carbons (Fsp3) is 0.842. The van der Waals surface area contributed by atoms with Crippen LogP contribution in [0.3, 0.4) is 0 Å². The molecular weight excluding hydrogens is 729 g/mol. The van der Waals surface area contributed by atoms with Gasteiger partial charge in [-0.2, -0.15) is 0 Å². The van der Waals surface area contributed by atoms with Crippen LogP contribution >= 0.6 is 104 Å². The number of carbonyl (C=O) groups is 3. The van der Waals surface area contributed by atoms with Crippen molar-refractivity contribution in [1.82, 2.24) is 9.80 Å². The Morgan fingerprint density at radius 1 is 0.725 bits per heavy atom. The zero-order chi connectivity index (χ0) is 31.1. The Balaban J connectivity index is 5.89. The van der Waals surface area contributed by atoms with E-state index in [9.17, 15) is 14.4 Å². The summed E-state index contributed by atoms with van der Waals surface area (Å²) in [5.74, 6) is 0. The van der Waals surface area contributed by atoms with Crippen LogP contribution in [0.5, 0.6) is 0 Å². The Bertz CT molecular complexity index is 865. The molecule has 0 aliphatic carbocycles. The number of halogens is 9. The summed E-state index contributed by atoms with van der Waals surface area (Å²) in [4.78, 5) is 42.9. The minimum absolute atomic E-state index is 0.122. The zero-order valence-electron chi connectivity index (χ0n) is 21.0. The van der Waals surface area contributed by atoms with Gasteiger partial charge in [-0.15, -0.1) is 0 Å². The number of alkyl halides is 9. The number of amides is 2. The lowest BCUT2D eigenvalue weighted by atomic mass is 10.2. The molecule has 0 bridgehead atoms. The molecule has 0 saturated heterocycles. The van der Waals surface area contributed by atoms with Crippen molar-refractivity contribution >= 4 is 123 Å². The molecule has 0 aromatic carbocycles. The lowest BCUT2D eigenvalue weighted by molar-refractivity contribution is 0.0222. The molecule has 0 fully saturated rings. The van der Waals surface area contributed by atoms with Crippen molar-refractivity contribution in [2.24, 2.45) is 5.11 Å². The van der Waals surface area contributed by atoms with E-state index in [1.807, 2.05) is 0 Å². The lowest BCUT2D eigenvalue weighted by Gasteiger charge is -2.35. The molecule has 0 aliphatic rings. The fourth-order valence-corrected chi connectivity index (χ4v) is 3.36. The quantitative estimate of drug-likeness (QED) is 0.0437. The van der Waals surface area contributed by atoms with Crippen LogP contribution in [0.2, 0.25) is 0 Å². The summed E-state index contributed by atoms with van der Waals surface area (Å²) in [6.45, 7) is 0.728. The maximum Gasteiger partial charge on any atom is 0.508 e. The van der Waals surface area contributed by atoms with Gasteiger partial charge in [0.25, 0.3) is 0 Å². The first-order valence-corrected chi connectivity index (χ1v) is 14.6. The van der Waals surface area contributed by atoms with E-state index in [-0.39, 0.29) is 32.7 Å². The molecule has 0 aromatic rings. The highest BCUT2D eigenvalue weighted by molar-refractivity contribution is 6.68. The number of carbonyl (C=O) groups excluding carboxylic acids is 3. The summed E-state index contributed by atoms with van der Waals surface area (Å²) in [6.07, 6.45) is -2.49. The third-order valence-corrected chi connectivity index (χ3v) is 5.68. The van der Waals surface area contributed by atoms with Crippen LogP contribution in [0.15, 0.2) is 5.11 Å². The highest BCUT2D eigenvalue weighted by atomic mass is 35.6. The molecule has 0 aliphatic heterocycles. The van der Waals surface area contributed by atoms with Crippen molar-refractivity contribution in [1.29, 1.82) is 0 Å². The molecule has 0 heterocycles. The van der Waals surface area contributed by atoms with E-state index >= 15 is 0 Å². The Labute approximate surface area is 276 Å². The van der Waals surface area contributed by atoms with Gasteiger partial charge in [-0.3, -0.25) is 0 Å². The normalized spacial score (nSPS) is 13.4. The average Bonchev–Trinajstić information content (AvgIpc) is 2.84. The lowest BCUT2D eigenvalue weighted by Crippen LogP contribution is -2.51. The molecule has 0 rings (SSSR count). The third kappa shape index (κ3) is 19.0. The number of rotatable bonds is 14. The number of nitrogens with zero attached hydrogens (tertiary/aromatic N) is 5. The standard InChI is InChI=1S/C19H26Cl9N5O7/c1-3-12(7-30-31-29)32(14(34)38-9-17(20,21)22)5-6-33(15(35)39-10-18(23,24)25)13(4-2)8-37-16(36)40-11-19(26,27)28/h12-13H,3-11H2,1-2H3/t12-,13-/m0/s1. The highest BCUT2D eigenvalue weighted by Crippen LogP contribution is 2.28. The van der Waals surface area contributed by atoms with Gasteiger partial charge in [0.1, 0.15) is 26.4 Å². The number of hydrogen-bond acceptors (Lipinski definition) is 8. The summed E-state index contributed by atoms with van der Waals surface area (Å²) in [7, 11) is 0. The molecule has 2 atom stereocenters.